The second-order valence-corrected chi connectivity index (χ2v) is 6.56. The van der Waals surface area contributed by atoms with Gasteiger partial charge in [-0.15, -0.1) is 4.79 Å². The van der Waals surface area contributed by atoms with E-state index in [0.29, 0.717) is 19.3 Å². The van der Waals surface area contributed by atoms with Crippen LogP contribution in [0.3, 0.4) is 0 Å². The molecule has 0 aliphatic heterocycles. The summed E-state index contributed by atoms with van der Waals surface area (Å²) in [5.41, 5.74) is 8.95. The minimum atomic E-state index is -4.17. The molecule has 1 aromatic rings. The van der Waals surface area contributed by atoms with Crippen LogP contribution < -0.4 is 0 Å². The van der Waals surface area contributed by atoms with Gasteiger partial charge < -0.3 is 10.6 Å². The highest BCUT2D eigenvalue weighted by Gasteiger charge is 2.45. The number of ketones is 1. The first-order valence-electron chi connectivity index (χ1n) is 6.23. The van der Waals surface area contributed by atoms with Crippen molar-refractivity contribution in [3.05, 3.63) is 35.9 Å². The number of aliphatic hydroxyl groups is 1. The van der Waals surface area contributed by atoms with E-state index in [2.05, 4.69) is 4.79 Å². The van der Waals surface area contributed by atoms with E-state index in [-0.39, 0.29) is 4.90 Å². The van der Waals surface area contributed by atoms with Crippen LogP contribution in [-0.2, 0) is 14.6 Å². The summed E-state index contributed by atoms with van der Waals surface area (Å²) in [7, 11) is -4.17. The summed E-state index contributed by atoms with van der Waals surface area (Å²) in [4.78, 5) is 14.7. The van der Waals surface area contributed by atoms with Gasteiger partial charge in [-0.1, -0.05) is 24.6 Å². The molecule has 2 atom stereocenters. The molecule has 7 heteroatoms. The summed E-state index contributed by atoms with van der Waals surface area (Å²) in [6.07, 6.45) is 0.594. The Morgan fingerprint density at radius 2 is 1.90 bits per heavy atom. The zero-order valence-electron chi connectivity index (χ0n) is 10.6. The van der Waals surface area contributed by atoms with Crippen molar-refractivity contribution in [3.8, 4) is 0 Å². The smallest absolute Gasteiger partial charge is 0.392 e. The fourth-order valence-corrected chi connectivity index (χ4v) is 3.61. The van der Waals surface area contributed by atoms with Crippen LogP contribution in [-0.4, -0.2) is 35.2 Å². The molecule has 20 heavy (non-hydrogen) atoms. The van der Waals surface area contributed by atoms with E-state index in [4.69, 9.17) is 5.53 Å². The van der Waals surface area contributed by atoms with Gasteiger partial charge in [0.05, 0.1) is 16.9 Å². The first-order valence-corrected chi connectivity index (χ1v) is 7.71. The average molecular weight is 294 g/mol. The number of hydrogen-bond acceptors (Lipinski definition) is 4. The molecular formula is C13H14N2O4S. The largest absolute Gasteiger partial charge is 0.452 e. The predicted octanol–water partition coefficient (Wildman–Crippen LogP) is 0.819. The normalized spacial score (nSPS) is 22.2. The van der Waals surface area contributed by atoms with Gasteiger partial charge in [0.1, 0.15) is 0 Å². The molecule has 0 saturated heterocycles. The Balaban J connectivity index is 2.39. The minimum absolute atomic E-state index is 0.117. The number of Topliss-reactive ketones (excluding diaryl/α,β-unsaturated/α-hetero) is 1. The van der Waals surface area contributed by atoms with Crippen molar-refractivity contribution in [2.75, 3.05) is 0 Å². The van der Waals surface area contributed by atoms with Crippen LogP contribution in [0.1, 0.15) is 19.3 Å². The maximum atomic E-state index is 12.3. The van der Waals surface area contributed by atoms with Crippen LogP contribution in [0.2, 0.25) is 0 Å². The molecule has 1 N–H and O–H groups in total. The molecule has 106 valence electrons. The van der Waals surface area contributed by atoms with Gasteiger partial charge in [-0.2, -0.15) is 0 Å². The third-order valence-corrected chi connectivity index (χ3v) is 5.11. The lowest BCUT2D eigenvalue weighted by Gasteiger charge is -2.10. The monoisotopic (exact) mass is 294 g/mol. The number of rotatable bonds is 3. The summed E-state index contributed by atoms with van der Waals surface area (Å²) < 4.78 is 24.5. The van der Waals surface area contributed by atoms with E-state index in [1.165, 1.54) is 24.3 Å². The van der Waals surface area contributed by atoms with Gasteiger partial charge in [0, 0.05) is 0 Å². The Morgan fingerprint density at radius 3 is 2.40 bits per heavy atom. The highest BCUT2D eigenvalue weighted by molar-refractivity contribution is 8.08. The lowest BCUT2D eigenvalue weighted by atomic mass is 10.0. The fourth-order valence-electron chi connectivity index (χ4n) is 2.35. The third kappa shape index (κ3) is 2.56. The molecular weight excluding hydrogens is 280 g/mol. The molecule has 0 spiro atoms. The lowest BCUT2D eigenvalue weighted by molar-refractivity contribution is -0.122. The van der Waals surface area contributed by atoms with Gasteiger partial charge in [0.2, 0.25) is 0 Å². The topological polar surface area (TPSA) is 108 Å². The van der Waals surface area contributed by atoms with Crippen molar-refractivity contribution in [2.45, 2.75) is 30.3 Å². The van der Waals surface area contributed by atoms with E-state index in [1.807, 2.05) is 0 Å². The number of aliphatic hydroxyl groups excluding tert-OH is 1. The van der Waals surface area contributed by atoms with Crippen LogP contribution in [0.4, 0.5) is 0 Å². The second kappa shape index (κ2) is 5.66. The van der Waals surface area contributed by atoms with Gasteiger partial charge in [0.25, 0.3) is 15.6 Å². The van der Waals surface area contributed by atoms with E-state index in [9.17, 15) is 18.3 Å². The van der Waals surface area contributed by atoms with Gasteiger partial charge in [0.15, 0.2) is 0 Å². The van der Waals surface area contributed by atoms with Gasteiger partial charge >= 0.3 is 5.04 Å². The molecule has 0 aromatic heterocycles. The van der Waals surface area contributed by atoms with E-state index < -0.39 is 32.7 Å². The zero-order chi connectivity index (χ0) is 14.8. The van der Waals surface area contributed by atoms with Crippen molar-refractivity contribution < 1.29 is 23.1 Å². The summed E-state index contributed by atoms with van der Waals surface area (Å²) in [6.45, 7) is 0. The van der Waals surface area contributed by atoms with Crippen LogP contribution in [0.15, 0.2) is 35.2 Å². The van der Waals surface area contributed by atoms with Crippen LogP contribution in [0.5, 0.6) is 0 Å². The van der Waals surface area contributed by atoms with Crippen LogP contribution in [0, 0.1) is 5.92 Å². The minimum Gasteiger partial charge on any atom is -0.392 e. The number of benzene rings is 1. The summed E-state index contributed by atoms with van der Waals surface area (Å²) >= 11 is 0. The number of hydrogen-bond donors (Lipinski definition) is 1. The Kier molecular flexibility index (Phi) is 4.13. The molecule has 1 aliphatic carbocycles. The molecule has 1 saturated carbocycles. The molecule has 0 amide bonds. The molecule has 0 unspecified atom stereocenters. The quantitative estimate of drug-likeness (QED) is 0.385. The van der Waals surface area contributed by atoms with Crippen LogP contribution >= 0.6 is 0 Å². The zero-order valence-corrected chi connectivity index (χ0v) is 11.5. The Bertz CT molecular complexity index is 663. The second-order valence-electron chi connectivity index (χ2n) is 4.69. The molecule has 0 heterocycles. The molecule has 0 bridgehead atoms. The van der Waals surface area contributed by atoms with E-state index >= 15 is 0 Å². The van der Waals surface area contributed by atoms with Gasteiger partial charge in [-0.05, 0) is 25.0 Å². The highest BCUT2D eigenvalue weighted by Crippen LogP contribution is 2.27. The Hall–Kier alpha value is -1.82. The average Bonchev–Trinajstić information content (AvgIpc) is 2.86. The van der Waals surface area contributed by atoms with Gasteiger partial charge in [-0.3, -0.25) is 4.79 Å². The molecule has 1 aromatic carbocycles. The fraction of sp³-hybridized carbons (Fsp3) is 0.385. The maximum Gasteiger partial charge on any atom is 0.452 e. The van der Waals surface area contributed by atoms with Crippen molar-refractivity contribution in [3.63, 3.8) is 0 Å². The van der Waals surface area contributed by atoms with E-state index in [1.54, 1.807) is 6.07 Å². The highest BCUT2D eigenvalue weighted by atomic mass is 32.2. The van der Waals surface area contributed by atoms with Gasteiger partial charge in [-0.25, -0.2) is 8.42 Å². The summed E-state index contributed by atoms with van der Waals surface area (Å²) in [5, 5.41) is 8.78. The number of nitrogens with zero attached hydrogens (tertiary/aromatic N) is 2. The maximum absolute atomic E-state index is 12.3. The number of sulfone groups is 1. The molecule has 6 nitrogen and oxygen atoms in total. The molecule has 0 radical (unpaired) electrons. The van der Waals surface area contributed by atoms with Crippen molar-refractivity contribution in [1.29, 1.82) is 0 Å². The molecule has 1 fully saturated rings. The van der Waals surface area contributed by atoms with Crippen molar-refractivity contribution in [1.82, 2.24) is 0 Å². The Morgan fingerprint density at radius 1 is 1.25 bits per heavy atom. The van der Waals surface area contributed by atoms with Crippen molar-refractivity contribution >= 4 is 20.7 Å². The molecule has 1 aliphatic rings. The molecule has 2 rings (SSSR count). The third-order valence-electron chi connectivity index (χ3n) is 3.43. The predicted molar refractivity (Wildman–Crippen MR) is 70.6 cm³/mol. The summed E-state index contributed by atoms with van der Waals surface area (Å²) in [6, 6.07) is 7.29. The summed E-state index contributed by atoms with van der Waals surface area (Å²) in [5.74, 6) is -1.65. The lowest BCUT2D eigenvalue weighted by Crippen LogP contribution is -2.34. The SMILES string of the molecule is [N-]=[N+]=C(C(=O)[C@@H]1CCC[C@@H]1O)S(=O)(=O)c1ccccc1. The standard InChI is InChI=1S/C13H14N2O4S/c14-15-13(12(17)10-7-4-8-11(10)16)20(18,19)9-5-2-1-3-6-9/h1-3,5-6,10-11,16H,4,7-8H2/t10-,11+/m1/s1. The van der Waals surface area contributed by atoms with Crippen molar-refractivity contribution in [2.24, 2.45) is 5.92 Å². The first kappa shape index (κ1) is 14.6. The first-order chi connectivity index (χ1) is 9.48. The van der Waals surface area contributed by atoms with Crippen LogP contribution in [0.25, 0.3) is 5.53 Å². The number of carbonyl (C=O) groups is 1. The Labute approximate surface area is 116 Å². The van der Waals surface area contributed by atoms with E-state index in [0.717, 1.165) is 0 Å². The number of carbonyl (C=O) groups excluding carboxylic acids is 1.